The number of carboxylic acid groups (broad SMARTS) is 1. The second-order valence-corrected chi connectivity index (χ2v) is 5.71. The van der Waals surface area contributed by atoms with E-state index in [1.807, 2.05) is 7.05 Å². The highest BCUT2D eigenvalue weighted by Gasteiger charge is 2.53. The average Bonchev–Trinajstić information content (AvgIpc) is 3.11. The van der Waals surface area contributed by atoms with Crippen molar-refractivity contribution in [1.29, 1.82) is 0 Å². The number of nitrogens with one attached hydrogen (secondary N) is 1. The van der Waals surface area contributed by atoms with Crippen molar-refractivity contribution >= 4 is 5.97 Å². The van der Waals surface area contributed by atoms with Gasteiger partial charge in [0.2, 0.25) is 0 Å². The van der Waals surface area contributed by atoms with E-state index in [9.17, 15) is 9.90 Å². The topological polar surface area (TPSA) is 52.6 Å². The van der Waals surface area contributed by atoms with Crippen molar-refractivity contribution in [2.24, 2.45) is 5.92 Å². The van der Waals surface area contributed by atoms with Crippen molar-refractivity contribution in [3.05, 3.63) is 0 Å². The summed E-state index contributed by atoms with van der Waals surface area (Å²) in [5, 5.41) is 13.1. The first-order valence-corrected chi connectivity index (χ1v) is 6.78. The van der Waals surface area contributed by atoms with E-state index < -0.39 is 11.5 Å². The lowest BCUT2D eigenvalue weighted by Crippen LogP contribution is -2.61. The van der Waals surface area contributed by atoms with Crippen molar-refractivity contribution < 1.29 is 9.90 Å². The minimum Gasteiger partial charge on any atom is -0.480 e. The Labute approximate surface area is 103 Å². The second-order valence-electron chi connectivity index (χ2n) is 5.71. The fourth-order valence-corrected chi connectivity index (χ4v) is 2.65. The van der Waals surface area contributed by atoms with E-state index in [1.165, 1.54) is 0 Å². The predicted molar refractivity (Wildman–Crippen MR) is 67.0 cm³/mol. The predicted octanol–water partition coefficient (Wildman–Crippen LogP) is 1.31. The molecule has 4 heteroatoms. The van der Waals surface area contributed by atoms with E-state index >= 15 is 0 Å². The first-order chi connectivity index (χ1) is 8.08. The van der Waals surface area contributed by atoms with Crippen molar-refractivity contribution in [3.8, 4) is 0 Å². The third-order valence-corrected chi connectivity index (χ3v) is 3.82. The van der Waals surface area contributed by atoms with Gasteiger partial charge >= 0.3 is 5.97 Å². The monoisotopic (exact) mass is 240 g/mol. The molecule has 0 heterocycles. The lowest BCUT2D eigenvalue weighted by Gasteiger charge is -2.35. The molecular formula is C13H24N2O2. The molecule has 2 aliphatic rings. The third kappa shape index (κ3) is 2.99. The molecule has 4 nitrogen and oxygen atoms in total. The van der Waals surface area contributed by atoms with Gasteiger partial charge in [0.15, 0.2) is 0 Å². The molecule has 0 aromatic rings. The SMILES string of the molecule is CCCN(C)CC(NC1CC1)(C(=O)O)C1CC1. The van der Waals surface area contributed by atoms with Crippen molar-refractivity contribution in [2.45, 2.75) is 50.6 Å². The number of carbonyl (C=O) groups is 1. The van der Waals surface area contributed by atoms with Gasteiger partial charge in [0, 0.05) is 12.6 Å². The maximum Gasteiger partial charge on any atom is 0.325 e. The molecule has 0 amide bonds. The number of hydrogen-bond acceptors (Lipinski definition) is 3. The summed E-state index contributed by atoms with van der Waals surface area (Å²) >= 11 is 0. The van der Waals surface area contributed by atoms with Crippen LogP contribution in [-0.2, 0) is 4.79 Å². The minimum atomic E-state index is -0.689. The van der Waals surface area contributed by atoms with Gasteiger partial charge in [-0.2, -0.15) is 0 Å². The van der Waals surface area contributed by atoms with Crippen LogP contribution in [0.15, 0.2) is 0 Å². The lowest BCUT2D eigenvalue weighted by atomic mass is 9.92. The standard InChI is InChI=1S/C13H24N2O2/c1-3-8-15(2)9-13(12(16)17,10-4-5-10)14-11-6-7-11/h10-11,14H,3-9H2,1-2H3,(H,16,17). The van der Waals surface area contributed by atoms with Crippen LogP contribution in [0.4, 0.5) is 0 Å². The van der Waals surface area contributed by atoms with E-state index in [0.29, 0.717) is 18.5 Å². The van der Waals surface area contributed by atoms with E-state index in [0.717, 1.165) is 38.6 Å². The van der Waals surface area contributed by atoms with Gasteiger partial charge < -0.3 is 10.0 Å². The van der Waals surface area contributed by atoms with E-state index in [1.54, 1.807) is 0 Å². The zero-order valence-electron chi connectivity index (χ0n) is 10.9. The second kappa shape index (κ2) is 4.94. The Bertz CT molecular complexity index is 287. The zero-order chi connectivity index (χ0) is 12.5. The third-order valence-electron chi connectivity index (χ3n) is 3.82. The first kappa shape index (κ1) is 12.8. The number of hydrogen-bond donors (Lipinski definition) is 2. The van der Waals surface area contributed by atoms with Gasteiger partial charge in [0.05, 0.1) is 0 Å². The van der Waals surface area contributed by atoms with E-state index in [-0.39, 0.29) is 0 Å². The fraction of sp³-hybridized carbons (Fsp3) is 0.923. The molecule has 0 aromatic carbocycles. The van der Waals surface area contributed by atoms with Gasteiger partial charge in [0.1, 0.15) is 5.54 Å². The molecule has 1 atom stereocenters. The number of carboxylic acids is 1. The number of likely N-dealkylation sites (N-methyl/N-ethyl adjacent to an activating group) is 1. The molecule has 1 unspecified atom stereocenters. The Morgan fingerprint density at radius 3 is 2.47 bits per heavy atom. The molecule has 0 aromatic heterocycles. The van der Waals surface area contributed by atoms with Crippen LogP contribution in [0.1, 0.15) is 39.0 Å². The molecule has 0 bridgehead atoms. The highest BCUT2D eigenvalue weighted by Crippen LogP contribution is 2.42. The largest absolute Gasteiger partial charge is 0.480 e. The molecular weight excluding hydrogens is 216 g/mol. The molecule has 2 N–H and O–H groups in total. The Morgan fingerprint density at radius 2 is 2.06 bits per heavy atom. The fourth-order valence-electron chi connectivity index (χ4n) is 2.65. The van der Waals surface area contributed by atoms with Crippen LogP contribution in [0.2, 0.25) is 0 Å². The number of nitrogens with zero attached hydrogens (tertiary/aromatic N) is 1. The first-order valence-electron chi connectivity index (χ1n) is 6.78. The van der Waals surface area contributed by atoms with Crippen LogP contribution in [0.3, 0.4) is 0 Å². The summed E-state index contributed by atoms with van der Waals surface area (Å²) in [6, 6.07) is 0.446. The van der Waals surface area contributed by atoms with Gasteiger partial charge in [0.25, 0.3) is 0 Å². The van der Waals surface area contributed by atoms with Crippen molar-refractivity contribution in [2.75, 3.05) is 20.1 Å². The summed E-state index contributed by atoms with van der Waals surface area (Å²) in [4.78, 5) is 13.9. The highest BCUT2D eigenvalue weighted by molar-refractivity contribution is 5.80. The molecule has 2 saturated carbocycles. The maximum atomic E-state index is 11.7. The van der Waals surface area contributed by atoms with Gasteiger partial charge in [-0.15, -0.1) is 0 Å². The van der Waals surface area contributed by atoms with Gasteiger partial charge in [-0.05, 0) is 51.6 Å². The molecule has 0 spiro atoms. The summed E-state index contributed by atoms with van der Waals surface area (Å²) in [7, 11) is 2.03. The molecule has 98 valence electrons. The summed E-state index contributed by atoms with van der Waals surface area (Å²) in [6.45, 7) is 3.73. The molecule has 0 saturated heterocycles. The van der Waals surface area contributed by atoms with Crippen LogP contribution >= 0.6 is 0 Å². The Hall–Kier alpha value is -0.610. The molecule has 0 radical (unpaired) electrons. The Balaban J connectivity index is 2.05. The number of rotatable bonds is 8. The van der Waals surface area contributed by atoms with Crippen LogP contribution in [0, 0.1) is 5.92 Å². The van der Waals surface area contributed by atoms with Crippen molar-refractivity contribution in [3.63, 3.8) is 0 Å². The van der Waals surface area contributed by atoms with Crippen LogP contribution in [0.5, 0.6) is 0 Å². The van der Waals surface area contributed by atoms with E-state index in [4.69, 9.17) is 0 Å². The highest BCUT2D eigenvalue weighted by atomic mass is 16.4. The van der Waals surface area contributed by atoms with Gasteiger partial charge in [-0.1, -0.05) is 6.92 Å². The van der Waals surface area contributed by atoms with Crippen molar-refractivity contribution in [1.82, 2.24) is 10.2 Å². The molecule has 17 heavy (non-hydrogen) atoms. The van der Waals surface area contributed by atoms with Gasteiger partial charge in [-0.3, -0.25) is 10.1 Å². The van der Waals surface area contributed by atoms with E-state index in [2.05, 4.69) is 17.1 Å². The van der Waals surface area contributed by atoms with Gasteiger partial charge in [-0.25, -0.2) is 0 Å². The van der Waals surface area contributed by atoms with Crippen LogP contribution < -0.4 is 5.32 Å². The lowest BCUT2D eigenvalue weighted by molar-refractivity contribution is -0.147. The summed E-state index contributed by atoms with van der Waals surface area (Å²) < 4.78 is 0. The summed E-state index contributed by atoms with van der Waals surface area (Å²) in [5.41, 5.74) is -0.689. The summed E-state index contributed by atoms with van der Waals surface area (Å²) in [6.07, 6.45) is 5.47. The summed E-state index contributed by atoms with van der Waals surface area (Å²) in [5.74, 6) is -0.324. The molecule has 2 aliphatic carbocycles. The zero-order valence-corrected chi connectivity index (χ0v) is 10.9. The average molecular weight is 240 g/mol. The smallest absolute Gasteiger partial charge is 0.325 e. The van der Waals surface area contributed by atoms with Crippen LogP contribution in [0.25, 0.3) is 0 Å². The van der Waals surface area contributed by atoms with Crippen LogP contribution in [-0.4, -0.2) is 47.7 Å². The normalized spacial score (nSPS) is 23.7. The Kier molecular flexibility index (Phi) is 3.73. The number of aliphatic carboxylic acids is 1. The maximum absolute atomic E-state index is 11.7. The quantitative estimate of drug-likeness (QED) is 0.672. The Morgan fingerprint density at radius 1 is 1.41 bits per heavy atom. The molecule has 0 aliphatic heterocycles. The minimum absolute atomic E-state index is 0.333. The molecule has 2 fully saturated rings. The molecule has 2 rings (SSSR count).